The summed E-state index contributed by atoms with van der Waals surface area (Å²) in [5.41, 5.74) is 8.74. The van der Waals surface area contributed by atoms with Gasteiger partial charge >= 0.3 is 5.97 Å². The van der Waals surface area contributed by atoms with Crippen LogP contribution < -0.4 is 20.5 Å². The Bertz CT molecular complexity index is 1130. The zero-order valence-corrected chi connectivity index (χ0v) is 18.2. The highest BCUT2D eigenvalue weighted by molar-refractivity contribution is 7.21. The third-order valence-electron chi connectivity index (χ3n) is 4.51. The summed E-state index contributed by atoms with van der Waals surface area (Å²) < 4.78 is 15.7. The van der Waals surface area contributed by atoms with Gasteiger partial charge in [0.25, 0.3) is 5.91 Å². The monoisotopic (exact) mass is 429 g/mol. The number of pyridine rings is 1. The number of rotatable bonds is 6. The molecule has 0 aliphatic carbocycles. The number of nitrogens with one attached hydrogen (secondary N) is 1. The SMILES string of the molecule is COc1ccc(NC(=O)C(C)OC(=O)c2sc3nc(C)cc(C)c3c2N)cc1OC. The number of fused-ring (bicyclic) bond motifs is 1. The maximum Gasteiger partial charge on any atom is 0.351 e. The molecule has 1 amide bonds. The van der Waals surface area contributed by atoms with Gasteiger partial charge in [0.2, 0.25) is 0 Å². The molecule has 0 bridgehead atoms. The molecule has 0 fully saturated rings. The van der Waals surface area contributed by atoms with Crippen molar-refractivity contribution in [1.82, 2.24) is 4.98 Å². The van der Waals surface area contributed by atoms with Crippen LogP contribution in [0.5, 0.6) is 11.5 Å². The topological polar surface area (TPSA) is 113 Å². The van der Waals surface area contributed by atoms with Crippen molar-refractivity contribution in [2.45, 2.75) is 26.9 Å². The van der Waals surface area contributed by atoms with E-state index >= 15 is 0 Å². The van der Waals surface area contributed by atoms with Crippen molar-refractivity contribution in [2.24, 2.45) is 0 Å². The summed E-state index contributed by atoms with van der Waals surface area (Å²) in [4.78, 5) is 30.5. The Morgan fingerprint density at radius 3 is 2.50 bits per heavy atom. The van der Waals surface area contributed by atoms with Crippen molar-refractivity contribution >= 4 is 44.8 Å². The van der Waals surface area contributed by atoms with Gasteiger partial charge in [-0.1, -0.05) is 0 Å². The quantitative estimate of drug-likeness (QED) is 0.575. The maximum atomic E-state index is 12.6. The van der Waals surface area contributed by atoms with Crippen LogP contribution in [0.3, 0.4) is 0 Å². The summed E-state index contributed by atoms with van der Waals surface area (Å²) in [6, 6.07) is 6.85. The summed E-state index contributed by atoms with van der Waals surface area (Å²) in [5, 5.41) is 3.43. The van der Waals surface area contributed by atoms with E-state index in [4.69, 9.17) is 19.9 Å². The van der Waals surface area contributed by atoms with Gasteiger partial charge in [-0.15, -0.1) is 11.3 Å². The van der Waals surface area contributed by atoms with Gasteiger partial charge in [-0.2, -0.15) is 0 Å². The predicted octanol–water partition coefficient (Wildman–Crippen LogP) is 3.70. The Balaban J connectivity index is 1.74. The summed E-state index contributed by atoms with van der Waals surface area (Å²) >= 11 is 1.15. The van der Waals surface area contributed by atoms with Gasteiger partial charge in [0.1, 0.15) is 9.71 Å². The lowest BCUT2D eigenvalue weighted by molar-refractivity contribution is -0.123. The van der Waals surface area contributed by atoms with Crippen molar-refractivity contribution in [3.05, 3.63) is 40.4 Å². The number of anilines is 2. The van der Waals surface area contributed by atoms with Crippen LogP contribution in [0.2, 0.25) is 0 Å². The molecular weight excluding hydrogens is 406 g/mol. The van der Waals surface area contributed by atoms with Crippen LogP contribution in [0.1, 0.15) is 27.9 Å². The van der Waals surface area contributed by atoms with Crippen LogP contribution in [0.4, 0.5) is 11.4 Å². The average Bonchev–Trinajstić information content (AvgIpc) is 3.04. The molecule has 30 heavy (non-hydrogen) atoms. The second kappa shape index (κ2) is 8.58. The molecule has 1 aromatic carbocycles. The first-order chi connectivity index (χ1) is 14.2. The second-order valence-corrected chi connectivity index (χ2v) is 7.71. The number of hydrogen-bond donors (Lipinski definition) is 2. The summed E-state index contributed by atoms with van der Waals surface area (Å²) in [7, 11) is 3.02. The Hall–Kier alpha value is -3.33. The zero-order chi connectivity index (χ0) is 22.0. The van der Waals surface area contributed by atoms with Gasteiger partial charge in [-0.25, -0.2) is 9.78 Å². The molecule has 0 aliphatic heterocycles. The van der Waals surface area contributed by atoms with E-state index in [1.807, 2.05) is 19.9 Å². The highest BCUT2D eigenvalue weighted by atomic mass is 32.1. The Labute approximate surface area is 178 Å². The fourth-order valence-electron chi connectivity index (χ4n) is 3.05. The van der Waals surface area contributed by atoms with Crippen LogP contribution in [-0.4, -0.2) is 37.2 Å². The van der Waals surface area contributed by atoms with E-state index in [-0.39, 0.29) is 4.88 Å². The number of nitrogens with zero attached hydrogens (tertiary/aromatic N) is 1. The minimum Gasteiger partial charge on any atom is -0.493 e. The summed E-state index contributed by atoms with van der Waals surface area (Å²) in [6.45, 7) is 5.28. The number of carbonyl (C=O) groups excluding carboxylic acids is 2. The second-order valence-electron chi connectivity index (χ2n) is 6.71. The number of aromatic nitrogens is 1. The molecular formula is C21H23N3O5S. The number of aryl methyl sites for hydroxylation is 2. The molecule has 0 aliphatic rings. The largest absolute Gasteiger partial charge is 0.493 e. The smallest absolute Gasteiger partial charge is 0.351 e. The number of nitrogen functional groups attached to an aromatic ring is 1. The molecule has 8 nitrogen and oxygen atoms in total. The predicted molar refractivity (Wildman–Crippen MR) is 117 cm³/mol. The molecule has 1 atom stereocenters. The summed E-state index contributed by atoms with van der Waals surface area (Å²) in [6.07, 6.45) is -1.04. The molecule has 2 heterocycles. The Kier molecular flexibility index (Phi) is 6.12. The normalized spacial score (nSPS) is 11.8. The van der Waals surface area contributed by atoms with E-state index in [1.165, 1.54) is 21.1 Å². The lowest BCUT2D eigenvalue weighted by Crippen LogP contribution is -2.30. The number of thiophene rings is 1. The van der Waals surface area contributed by atoms with Crippen LogP contribution in [0.25, 0.3) is 10.2 Å². The first-order valence-corrected chi connectivity index (χ1v) is 9.96. The van der Waals surface area contributed by atoms with Gasteiger partial charge in [-0.3, -0.25) is 4.79 Å². The lowest BCUT2D eigenvalue weighted by atomic mass is 10.1. The number of hydrogen-bond acceptors (Lipinski definition) is 8. The van der Waals surface area contributed by atoms with Crippen molar-refractivity contribution in [3.63, 3.8) is 0 Å². The third kappa shape index (κ3) is 4.16. The van der Waals surface area contributed by atoms with Crippen molar-refractivity contribution in [3.8, 4) is 11.5 Å². The highest BCUT2D eigenvalue weighted by Gasteiger charge is 2.24. The standard InChI is InChI=1S/C21H23N3O5S/c1-10-8-11(2)23-20-16(10)17(22)18(30-20)21(26)29-12(3)19(25)24-13-6-7-14(27-4)15(9-13)28-5/h6-9,12H,22H2,1-5H3,(H,24,25). The first-order valence-electron chi connectivity index (χ1n) is 9.15. The van der Waals surface area contributed by atoms with E-state index in [2.05, 4.69) is 10.3 Å². The fourth-order valence-corrected chi connectivity index (χ4v) is 4.15. The molecule has 0 saturated heterocycles. The van der Waals surface area contributed by atoms with Gasteiger partial charge in [0.05, 0.1) is 19.9 Å². The number of methoxy groups -OCH3 is 2. The summed E-state index contributed by atoms with van der Waals surface area (Å²) in [5.74, 6) is -0.145. The Morgan fingerprint density at radius 1 is 1.13 bits per heavy atom. The molecule has 158 valence electrons. The van der Waals surface area contributed by atoms with Crippen molar-refractivity contribution in [2.75, 3.05) is 25.3 Å². The Morgan fingerprint density at radius 2 is 1.83 bits per heavy atom. The van der Waals surface area contributed by atoms with Gasteiger partial charge in [-0.05, 0) is 44.5 Å². The number of benzene rings is 1. The number of esters is 1. The number of carbonyl (C=O) groups is 2. The van der Waals surface area contributed by atoms with Crippen molar-refractivity contribution < 1.29 is 23.8 Å². The van der Waals surface area contributed by atoms with Crippen LogP contribution >= 0.6 is 11.3 Å². The van der Waals surface area contributed by atoms with E-state index < -0.39 is 18.0 Å². The molecule has 9 heteroatoms. The average molecular weight is 429 g/mol. The van der Waals surface area contributed by atoms with Crippen LogP contribution in [-0.2, 0) is 9.53 Å². The highest BCUT2D eigenvalue weighted by Crippen LogP contribution is 2.35. The number of ether oxygens (including phenoxy) is 3. The van der Waals surface area contributed by atoms with E-state index in [1.54, 1.807) is 18.2 Å². The molecule has 2 aromatic heterocycles. The van der Waals surface area contributed by atoms with E-state index in [9.17, 15) is 9.59 Å². The molecule has 3 aromatic rings. The van der Waals surface area contributed by atoms with Crippen LogP contribution in [0.15, 0.2) is 24.3 Å². The van der Waals surface area contributed by atoms with Crippen LogP contribution in [0, 0.1) is 13.8 Å². The molecule has 0 radical (unpaired) electrons. The van der Waals surface area contributed by atoms with E-state index in [0.29, 0.717) is 27.7 Å². The van der Waals surface area contributed by atoms with Crippen molar-refractivity contribution in [1.29, 1.82) is 0 Å². The third-order valence-corrected chi connectivity index (χ3v) is 5.59. The molecule has 3 N–H and O–H groups in total. The zero-order valence-electron chi connectivity index (χ0n) is 17.4. The molecule has 1 unspecified atom stereocenters. The van der Waals surface area contributed by atoms with Gasteiger partial charge in [0, 0.05) is 22.8 Å². The minimum atomic E-state index is -1.04. The first kappa shape index (κ1) is 21.4. The number of nitrogens with two attached hydrogens (primary N) is 1. The lowest BCUT2D eigenvalue weighted by Gasteiger charge is -2.14. The van der Waals surface area contributed by atoms with Gasteiger partial charge in [0.15, 0.2) is 17.6 Å². The molecule has 0 spiro atoms. The number of amides is 1. The molecule has 0 saturated carbocycles. The van der Waals surface area contributed by atoms with E-state index in [0.717, 1.165) is 28.0 Å². The maximum absolute atomic E-state index is 12.6. The fraction of sp³-hybridized carbons (Fsp3) is 0.286. The minimum absolute atomic E-state index is 0.233. The van der Waals surface area contributed by atoms with Gasteiger partial charge < -0.3 is 25.3 Å². The molecule has 3 rings (SSSR count).